The monoisotopic (exact) mass is 421 g/mol. The molecule has 1 aromatic carbocycles. The molecule has 1 aromatic rings. The maximum absolute atomic E-state index is 13.2. The molecular formula is C19H20BrNO5. The molecule has 0 aromatic heterocycles. The van der Waals surface area contributed by atoms with E-state index in [4.69, 9.17) is 9.47 Å². The summed E-state index contributed by atoms with van der Waals surface area (Å²) in [4.78, 5) is 38.6. The molecule has 1 unspecified atom stereocenters. The fourth-order valence-electron chi connectivity index (χ4n) is 4.04. The van der Waals surface area contributed by atoms with E-state index in [1.165, 1.54) is 0 Å². The van der Waals surface area contributed by atoms with Gasteiger partial charge in [0.25, 0.3) is 5.91 Å². The van der Waals surface area contributed by atoms with Gasteiger partial charge in [-0.2, -0.15) is 0 Å². The number of esters is 1. The van der Waals surface area contributed by atoms with Gasteiger partial charge in [0.2, 0.25) is 5.60 Å². The summed E-state index contributed by atoms with van der Waals surface area (Å²) >= 11 is 3.48. The molecule has 0 radical (unpaired) electrons. The van der Waals surface area contributed by atoms with Crippen LogP contribution < -0.4 is 0 Å². The molecule has 0 N–H and O–H groups in total. The lowest BCUT2D eigenvalue weighted by molar-refractivity contribution is -0.157. The van der Waals surface area contributed by atoms with E-state index in [0.717, 1.165) is 33.3 Å². The first-order chi connectivity index (χ1) is 12.1. The molecule has 3 aliphatic rings. The second-order valence-corrected chi connectivity index (χ2v) is 9.24. The van der Waals surface area contributed by atoms with Crippen molar-refractivity contribution in [3.05, 3.63) is 33.8 Å². The van der Waals surface area contributed by atoms with Gasteiger partial charge in [-0.15, -0.1) is 0 Å². The largest absolute Gasteiger partial charge is 0.459 e. The average Bonchev–Trinajstić information content (AvgIpc) is 3.18. The van der Waals surface area contributed by atoms with Crippen LogP contribution in [0.2, 0.25) is 0 Å². The summed E-state index contributed by atoms with van der Waals surface area (Å²) in [5, 5.41) is 0. The van der Waals surface area contributed by atoms with Crippen LogP contribution >= 0.6 is 15.9 Å². The Morgan fingerprint density at radius 2 is 1.96 bits per heavy atom. The van der Waals surface area contributed by atoms with Crippen LogP contribution in [0.15, 0.2) is 22.7 Å². The topological polar surface area (TPSA) is 72.9 Å². The van der Waals surface area contributed by atoms with E-state index in [2.05, 4.69) is 15.9 Å². The Hall–Kier alpha value is -1.89. The number of fused-ring (bicyclic) bond motifs is 3. The fourth-order valence-corrected chi connectivity index (χ4v) is 4.40. The molecule has 2 aliphatic carbocycles. The third-order valence-corrected chi connectivity index (χ3v) is 5.70. The second kappa shape index (κ2) is 5.31. The first-order valence-electron chi connectivity index (χ1n) is 8.64. The maximum atomic E-state index is 13.2. The zero-order valence-corrected chi connectivity index (χ0v) is 16.5. The van der Waals surface area contributed by atoms with E-state index in [1.54, 1.807) is 20.8 Å². The highest BCUT2D eigenvalue weighted by Gasteiger charge is 2.67. The molecule has 4 rings (SSSR count). The van der Waals surface area contributed by atoms with Crippen molar-refractivity contribution in [3.63, 3.8) is 0 Å². The first kappa shape index (κ1) is 17.5. The van der Waals surface area contributed by atoms with Gasteiger partial charge in [-0.05, 0) is 51.3 Å². The number of imide groups is 1. The fraction of sp³-hybridized carbons (Fsp3) is 0.526. The second-order valence-electron chi connectivity index (χ2n) is 8.32. The SMILES string of the molecule is CC(C)(C)OC(=O)CN1C(=O)OC2(CC3(CC3)c3cc(Br)ccc32)C1=O. The zero-order valence-electron chi connectivity index (χ0n) is 14.9. The molecule has 2 amide bonds. The molecule has 1 saturated carbocycles. The highest BCUT2D eigenvalue weighted by atomic mass is 79.9. The van der Waals surface area contributed by atoms with E-state index in [-0.39, 0.29) is 5.41 Å². The minimum Gasteiger partial charge on any atom is -0.459 e. The van der Waals surface area contributed by atoms with Crippen LogP contribution in [0.25, 0.3) is 0 Å². The van der Waals surface area contributed by atoms with Gasteiger partial charge in [0.1, 0.15) is 12.1 Å². The summed E-state index contributed by atoms with van der Waals surface area (Å²) in [6, 6.07) is 5.70. The van der Waals surface area contributed by atoms with Gasteiger partial charge in [0.15, 0.2) is 0 Å². The van der Waals surface area contributed by atoms with Crippen molar-refractivity contribution in [3.8, 4) is 0 Å². The molecule has 138 valence electrons. The minimum atomic E-state index is -1.31. The van der Waals surface area contributed by atoms with Crippen molar-refractivity contribution in [2.45, 2.75) is 56.7 Å². The van der Waals surface area contributed by atoms with Crippen LogP contribution in [-0.4, -0.2) is 35.0 Å². The standard InChI is InChI=1S/C19H20BrNO5/c1-17(2,3)25-14(22)9-21-15(23)19(26-16(21)24)10-18(6-7-18)13-8-11(20)4-5-12(13)19/h4-5,8H,6-7,9-10H2,1-3H3. The molecule has 1 saturated heterocycles. The molecule has 7 heteroatoms. The van der Waals surface area contributed by atoms with Gasteiger partial charge in [-0.25, -0.2) is 9.69 Å². The number of hydrogen-bond donors (Lipinski definition) is 0. The first-order valence-corrected chi connectivity index (χ1v) is 9.43. The predicted molar refractivity (Wildman–Crippen MR) is 95.4 cm³/mol. The zero-order chi connectivity index (χ0) is 18.9. The number of rotatable bonds is 2. The number of ether oxygens (including phenoxy) is 2. The van der Waals surface area contributed by atoms with E-state index in [9.17, 15) is 14.4 Å². The summed E-state index contributed by atoms with van der Waals surface area (Å²) in [6.07, 6.45) is 1.60. The lowest BCUT2D eigenvalue weighted by Gasteiger charge is -2.22. The van der Waals surface area contributed by atoms with Crippen LogP contribution in [0.5, 0.6) is 0 Å². The number of halogens is 1. The van der Waals surface area contributed by atoms with Crippen molar-refractivity contribution >= 4 is 33.9 Å². The van der Waals surface area contributed by atoms with Gasteiger partial charge < -0.3 is 9.47 Å². The lowest BCUT2D eigenvalue weighted by atomic mass is 9.94. The Morgan fingerprint density at radius 3 is 2.58 bits per heavy atom. The van der Waals surface area contributed by atoms with Crippen molar-refractivity contribution in [2.24, 2.45) is 0 Å². The van der Waals surface area contributed by atoms with E-state index in [1.807, 2.05) is 18.2 Å². The molecule has 6 nitrogen and oxygen atoms in total. The van der Waals surface area contributed by atoms with E-state index < -0.39 is 35.7 Å². The minimum absolute atomic E-state index is 0.100. The smallest absolute Gasteiger partial charge is 0.418 e. The molecule has 2 fully saturated rings. The van der Waals surface area contributed by atoms with Crippen LogP contribution in [0, 0.1) is 0 Å². The van der Waals surface area contributed by atoms with Crippen LogP contribution in [0.1, 0.15) is 51.2 Å². The summed E-state index contributed by atoms with van der Waals surface area (Å²) in [7, 11) is 0. The molecule has 26 heavy (non-hydrogen) atoms. The van der Waals surface area contributed by atoms with Crippen LogP contribution in [0.3, 0.4) is 0 Å². The Morgan fingerprint density at radius 1 is 1.27 bits per heavy atom. The third kappa shape index (κ3) is 2.55. The molecule has 1 aliphatic heterocycles. The number of nitrogens with zero attached hydrogens (tertiary/aromatic N) is 1. The average molecular weight is 422 g/mol. The molecule has 1 heterocycles. The molecule has 0 bridgehead atoms. The van der Waals surface area contributed by atoms with E-state index >= 15 is 0 Å². The van der Waals surface area contributed by atoms with Gasteiger partial charge in [0, 0.05) is 21.9 Å². The van der Waals surface area contributed by atoms with Crippen LogP contribution in [0.4, 0.5) is 4.79 Å². The highest BCUT2D eigenvalue weighted by molar-refractivity contribution is 9.10. The van der Waals surface area contributed by atoms with Crippen molar-refractivity contribution in [2.75, 3.05) is 6.54 Å². The molecule has 2 spiro atoms. The van der Waals surface area contributed by atoms with Crippen molar-refractivity contribution < 1.29 is 23.9 Å². The summed E-state index contributed by atoms with van der Waals surface area (Å²) < 4.78 is 11.8. The van der Waals surface area contributed by atoms with Gasteiger partial charge in [-0.1, -0.05) is 22.0 Å². The van der Waals surface area contributed by atoms with Crippen LogP contribution in [-0.2, 0) is 30.1 Å². The van der Waals surface area contributed by atoms with Gasteiger partial charge in [0.05, 0.1) is 0 Å². The summed E-state index contributed by atoms with van der Waals surface area (Å²) in [6.45, 7) is 4.77. The molecule has 1 atom stereocenters. The van der Waals surface area contributed by atoms with Gasteiger partial charge >= 0.3 is 12.1 Å². The van der Waals surface area contributed by atoms with E-state index in [0.29, 0.717) is 6.42 Å². The number of carbonyl (C=O) groups is 3. The lowest BCUT2D eigenvalue weighted by Crippen LogP contribution is -2.41. The predicted octanol–water partition coefficient (Wildman–Crippen LogP) is 3.40. The third-order valence-electron chi connectivity index (χ3n) is 5.21. The number of carbonyl (C=O) groups excluding carboxylic acids is 3. The summed E-state index contributed by atoms with van der Waals surface area (Å²) in [5.74, 6) is -1.10. The van der Waals surface area contributed by atoms with Gasteiger partial charge in [-0.3, -0.25) is 9.59 Å². The van der Waals surface area contributed by atoms with Crippen molar-refractivity contribution in [1.29, 1.82) is 0 Å². The summed E-state index contributed by atoms with van der Waals surface area (Å²) in [5.41, 5.74) is -0.302. The Kier molecular flexibility index (Phi) is 3.58. The Labute approximate surface area is 159 Å². The Bertz CT molecular complexity index is 839. The quantitative estimate of drug-likeness (QED) is 0.684. The maximum Gasteiger partial charge on any atom is 0.418 e. The molecular weight excluding hydrogens is 402 g/mol. The highest BCUT2D eigenvalue weighted by Crippen LogP contribution is 2.64. The normalized spacial score (nSPS) is 25.6. The van der Waals surface area contributed by atoms with Crippen molar-refractivity contribution in [1.82, 2.24) is 4.90 Å². The Balaban J connectivity index is 1.65. The number of hydrogen-bond acceptors (Lipinski definition) is 5. The number of amides is 2. The number of benzene rings is 1.